The molecule has 2 aromatic carbocycles. The topological polar surface area (TPSA) is 67.9 Å². The van der Waals surface area contributed by atoms with E-state index < -0.39 is 0 Å². The molecule has 1 N–H and O–H groups in total. The maximum atomic E-state index is 12.2. The van der Waals surface area contributed by atoms with Gasteiger partial charge in [0, 0.05) is 15.6 Å². The number of nitrogens with zero attached hydrogens (tertiary/aromatic N) is 2. The van der Waals surface area contributed by atoms with Gasteiger partial charge >= 0.3 is 0 Å². The van der Waals surface area contributed by atoms with Crippen molar-refractivity contribution in [3.8, 4) is 17.1 Å². The van der Waals surface area contributed by atoms with Crippen molar-refractivity contribution in [2.45, 2.75) is 5.16 Å². The molecule has 3 rings (SSSR count). The minimum absolute atomic E-state index is 0.0256. The van der Waals surface area contributed by atoms with E-state index >= 15 is 0 Å². The number of benzene rings is 2. The van der Waals surface area contributed by atoms with E-state index in [4.69, 9.17) is 4.74 Å². The number of thioether (sulfide) groups is 1. The number of Topliss-reactive ketones (excluding diaryl/α,β-unsaturated/α-hetero) is 1. The van der Waals surface area contributed by atoms with Crippen molar-refractivity contribution in [1.82, 2.24) is 15.2 Å². The summed E-state index contributed by atoms with van der Waals surface area (Å²) in [5, 5.41) is 7.60. The normalized spacial score (nSPS) is 10.6. The first-order chi connectivity index (χ1) is 11.7. The van der Waals surface area contributed by atoms with Crippen molar-refractivity contribution in [2.75, 3.05) is 12.9 Å². The molecule has 0 saturated heterocycles. The Morgan fingerprint density at radius 3 is 2.54 bits per heavy atom. The molecule has 0 radical (unpaired) electrons. The maximum Gasteiger partial charge on any atom is 0.209 e. The van der Waals surface area contributed by atoms with Crippen molar-refractivity contribution in [1.29, 1.82) is 0 Å². The van der Waals surface area contributed by atoms with E-state index in [0.29, 0.717) is 16.5 Å². The number of nitrogens with one attached hydrogen (secondary N) is 1. The molecule has 3 aromatic rings. The lowest BCUT2D eigenvalue weighted by Gasteiger charge is -2.01. The monoisotopic (exact) mass is 403 g/mol. The summed E-state index contributed by atoms with van der Waals surface area (Å²) in [6, 6.07) is 14.8. The number of hydrogen-bond donors (Lipinski definition) is 1. The van der Waals surface area contributed by atoms with Gasteiger partial charge in [0.15, 0.2) is 11.6 Å². The van der Waals surface area contributed by atoms with Crippen LogP contribution in [0.4, 0.5) is 0 Å². The summed E-state index contributed by atoms with van der Waals surface area (Å²) in [4.78, 5) is 16.6. The third-order valence-corrected chi connectivity index (χ3v) is 4.70. The average Bonchev–Trinajstić information content (AvgIpc) is 3.09. The number of hydrogen-bond acceptors (Lipinski definition) is 5. The van der Waals surface area contributed by atoms with Crippen LogP contribution in [0.25, 0.3) is 11.4 Å². The third kappa shape index (κ3) is 4.04. The highest BCUT2D eigenvalue weighted by Crippen LogP contribution is 2.22. The smallest absolute Gasteiger partial charge is 0.209 e. The first-order valence-corrected chi connectivity index (χ1v) is 8.92. The molecule has 1 heterocycles. The summed E-state index contributed by atoms with van der Waals surface area (Å²) in [5.41, 5.74) is 1.59. The Morgan fingerprint density at radius 2 is 1.88 bits per heavy atom. The molecule has 0 fully saturated rings. The van der Waals surface area contributed by atoms with Crippen molar-refractivity contribution in [2.24, 2.45) is 0 Å². The number of carbonyl (C=O) groups excluding carboxylic acids is 1. The molecular formula is C17H14BrN3O2S. The number of halogens is 1. The lowest BCUT2D eigenvalue weighted by Crippen LogP contribution is -2.02. The predicted molar refractivity (Wildman–Crippen MR) is 97.6 cm³/mol. The van der Waals surface area contributed by atoms with Gasteiger partial charge in [0.1, 0.15) is 5.75 Å². The van der Waals surface area contributed by atoms with Crippen LogP contribution in [0.15, 0.2) is 58.2 Å². The average molecular weight is 404 g/mol. The Balaban J connectivity index is 1.62. The van der Waals surface area contributed by atoms with Crippen LogP contribution in [-0.4, -0.2) is 33.8 Å². The second kappa shape index (κ2) is 7.63. The largest absolute Gasteiger partial charge is 0.497 e. The van der Waals surface area contributed by atoms with Gasteiger partial charge in [0.05, 0.1) is 12.9 Å². The number of ether oxygens (including phenoxy) is 1. The Hall–Kier alpha value is -2.12. The second-order valence-electron chi connectivity index (χ2n) is 4.91. The van der Waals surface area contributed by atoms with Crippen molar-refractivity contribution in [3.63, 3.8) is 0 Å². The lowest BCUT2D eigenvalue weighted by molar-refractivity contribution is 0.102. The van der Waals surface area contributed by atoms with Crippen molar-refractivity contribution in [3.05, 3.63) is 58.6 Å². The zero-order valence-corrected chi connectivity index (χ0v) is 15.2. The van der Waals surface area contributed by atoms with Crippen LogP contribution in [0.2, 0.25) is 0 Å². The minimum atomic E-state index is 0.0256. The molecule has 5 nitrogen and oxygen atoms in total. The van der Waals surface area contributed by atoms with Gasteiger partial charge in [-0.1, -0.05) is 39.8 Å². The van der Waals surface area contributed by atoms with E-state index in [2.05, 4.69) is 31.1 Å². The number of methoxy groups -OCH3 is 1. The van der Waals surface area contributed by atoms with Gasteiger partial charge in [-0.25, -0.2) is 4.98 Å². The van der Waals surface area contributed by atoms with E-state index in [-0.39, 0.29) is 11.5 Å². The fraction of sp³-hybridized carbons (Fsp3) is 0.118. The molecule has 1 aromatic heterocycles. The summed E-state index contributed by atoms with van der Waals surface area (Å²) >= 11 is 4.71. The summed E-state index contributed by atoms with van der Waals surface area (Å²) in [5.74, 6) is 1.72. The van der Waals surface area contributed by atoms with Crippen LogP contribution >= 0.6 is 27.7 Å². The zero-order valence-electron chi connectivity index (χ0n) is 12.8. The molecule has 7 heteroatoms. The first kappa shape index (κ1) is 16.7. The second-order valence-corrected chi connectivity index (χ2v) is 6.77. The standard InChI is InChI=1S/C17H14BrN3O2S/c1-23-14-8-4-11(5-9-14)15(22)10-24-17-19-16(20-21-17)12-2-6-13(18)7-3-12/h2-9H,10H2,1H3,(H,19,20,21). The number of aromatic nitrogens is 3. The van der Waals surface area contributed by atoms with E-state index in [9.17, 15) is 4.79 Å². The molecule has 0 unspecified atom stereocenters. The Kier molecular flexibility index (Phi) is 5.32. The van der Waals surface area contributed by atoms with Crippen LogP contribution < -0.4 is 4.74 Å². The summed E-state index contributed by atoms with van der Waals surface area (Å²) in [6.07, 6.45) is 0. The quantitative estimate of drug-likeness (QED) is 0.492. The lowest BCUT2D eigenvalue weighted by atomic mass is 10.1. The van der Waals surface area contributed by atoms with Gasteiger partial charge in [0.25, 0.3) is 0 Å². The Bertz CT molecular complexity index is 832. The highest BCUT2D eigenvalue weighted by molar-refractivity contribution is 9.10. The van der Waals surface area contributed by atoms with Gasteiger partial charge in [-0.15, -0.1) is 5.10 Å². The van der Waals surface area contributed by atoms with Gasteiger partial charge < -0.3 is 4.74 Å². The van der Waals surface area contributed by atoms with Crippen LogP contribution in [0.3, 0.4) is 0 Å². The van der Waals surface area contributed by atoms with Crippen molar-refractivity contribution >= 4 is 33.5 Å². The third-order valence-electron chi connectivity index (χ3n) is 3.33. The van der Waals surface area contributed by atoms with Crippen LogP contribution in [0.1, 0.15) is 10.4 Å². The molecule has 0 aliphatic heterocycles. The van der Waals surface area contributed by atoms with Crippen LogP contribution in [0, 0.1) is 0 Å². The van der Waals surface area contributed by atoms with Crippen LogP contribution in [0.5, 0.6) is 5.75 Å². The number of aromatic amines is 1. The number of ketones is 1. The minimum Gasteiger partial charge on any atom is -0.497 e. The Morgan fingerprint density at radius 1 is 1.17 bits per heavy atom. The predicted octanol–water partition coefficient (Wildman–Crippen LogP) is 4.22. The number of carbonyl (C=O) groups is 1. The summed E-state index contributed by atoms with van der Waals surface area (Å²) < 4.78 is 6.09. The maximum absolute atomic E-state index is 12.2. The highest BCUT2D eigenvalue weighted by Gasteiger charge is 2.11. The van der Waals surface area contributed by atoms with E-state index in [0.717, 1.165) is 15.8 Å². The highest BCUT2D eigenvalue weighted by atomic mass is 79.9. The van der Waals surface area contributed by atoms with Gasteiger partial charge in [-0.3, -0.25) is 9.89 Å². The molecular weight excluding hydrogens is 390 g/mol. The van der Waals surface area contributed by atoms with E-state index in [1.807, 2.05) is 24.3 Å². The summed E-state index contributed by atoms with van der Waals surface area (Å²) in [7, 11) is 1.60. The Labute approximate surface area is 152 Å². The van der Waals surface area contributed by atoms with Gasteiger partial charge in [-0.05, 0) is 36.4 Å². The molecule has 24 heavy (non-hydrogen) atoms. The number of H-pyrrole nitrogens is 1. The molecule has 0 amide bonds. The van der Waals surface area contributed by atoms with E-state index in [1.165, 1.54) is 11.8 Å². The molecule has 0 spiro atoms. The van der Waals surface area contributed by atoms with Crippen LogP contribution in [-0.2, 0) is 0 Å². The molecule has 0 atom stereocenters. The summed E-state index contributed by atoms with van der Waals surface area (Å²) in [6.45, 7) is 0. The molecule has 0 bridgehead atoms. The molecule has 122 valence electrons. The van der Waals surface area contributed by atoms with E-state index in [1.54, 1.807) is 31.4 Å². The molecule has 0 saturated carbocycles. The van der Waals surface area contributed by atoms with Crippen molar-refractivity contribution < 1.29 is 9.53 Å². The first-order valence-electron chi connectivity index (χ1n) is 7.14. The SMILES string of the molecule is COc1ccc(C(=O)CSc2n[nH]c(-c3ccc(Br)cc3)n2)cc1. The molecule has 0 aliphatic rings. The number of rotatable bonds is 6. The van der Waals surface area contributed by atoms with Gasteiger partial charge in [0.2, 0.25) is 5.16 Å². The fourth-order valence-electron chi connectivity index (χ4n) is 2.04. The zero-order chi connectivity index (χ0) is 16.9. The van der Waals surface area contributed by atoms with Gasteiger partial charge in [-0.2, -0.15) is 0 Å². The molecule has 0 aliphatic carbocycles. The fourth-order valence-corrected chi connectivity index (χ4v) is 3.00.